The van der Waals surface area contributed by atoms with Crippen molar-refractivity contribution >= 4 is 11.6 Å². The number of likely N-dealkylation sites (tertiary alicyclic amines) is 1. The third-order valence-electron chi connectivity index (χ3n) is 2.77. The maximum Gasteiger partial charge on any atom is 0.256 e. The molecule has 3 N–H and O–H groups in total. The maximum atomic E-state index is 13.0. The van der Waals surface area contributed by atoms with Crippen molar-refractivity contribution in [2.45, 2.75) is 12.5 Å². The van der Waals surface area contributed by atoms with E-state index in [0.717, 1.165) is 12.1 Å². The second-order valence-corrected chi connectivity index (χ2v) is 4.05. The van der Waals surface area contributed by atoms with E-state index >= 15 is 0 Å². The van der Waals surface area contributed by atoms with Gasteiger partial charge in [-0.15, -0.1) is 0 Å². The number of aliphatic hydroxyl groups excluding tert-OH is 1. The molecule has 1 aromatic rings. The number of amides is 1. The topological polar surface area (TPSA) is 66.6 Å². The van der Waals surface area contributed by atoms with Crippen LogP contribution >= 0.6 is 0 Å². The Bertz CT molecular complexity index is 465. The molecule has 1 fully saturated rings. The van der Waals surface area contributed by atoms with E-state index in [1.165, 1.54) is 4.90 Å². The molecular formula is C11H12F2N2O2. The first-order valence-electron chi connectivity index (χ1n) is 5.21. The lowest BCUT2D eigenvalue weighted by molar-refractivity contribution is 0.0765. The summed E-state index contributed by atoms with van der Waals surface area (Å²) in [6.07, 6.45) is -0.0829. The Kier molecular flexibility index (Phi) is 2.97. The Labute approximate surface area is 96.6 Å². The number of nitrogens with zero attached hydrogens (tertiary/aromatic N) is 1. The van der Waals surface area contributed by atoms with Gasteiger partial charge in [-0.2, -0.15) is 0 Å². The van der Waals surface area contributed by atoms with Gasteiger partial charge >= 0.3 is 0 Å². The van der Waals surface area contributed by atoms with Crippen molar-refractivity contribution in [2.24, 2.45) is 0 Å². The van der Waals surface area contributed by atoms with Crippen LogP contribution in [0.1, 0.15) is 16.8 Å². The van der Waals surface area contributed by atoms with Crippen molar-refractivity contribution in [3.63, 3.8) is 0 Å². The molecule has 1 saturated heterocycles. The Morgan fingerprint density at radius 3 is 2.65 bits per heavy atom. The summed E-state index contributed by atoms with van der Waals surface area (Å²) in [5, 5.41) is 9.30. The van der Waals surface area contributed by atoms with Crippen LogP contribution in [-0.2, 0) is 0 Å². The van der Waals surface area contributed by atoms with Gasteiger partial charge in [-0.1, -0.05) is 0 Å². The van der Waals surface area contributed by atoms with Gasteiger partial charge in [0.25, 0.3) is 5.91 Å². The zero-order valence-corrected chi connectivity index (χ0v) is 8.99. The summed E-state index contributed by atoms with van der Waals surface area (Å²) in [4.78, 5) is 13.3. The van der Waals surface area contributed by atoms with Gasteiger partial charge in [-0.25, -0.2) is 8.78 Å². The molecule has 1 aliphatic heterocycles. The van der Waals surface area contributed by atoms with Crippen molar-refractivity contribution in [3.05, 3.63) is 29.3 Å². The van der Waals surface area contributed by atoms with Gasteiger partial charge in [0.15, 0.2) is 11.6 Å². The van der Waals surface area contributed by atoms with Gasteiger partial charge in [0.05, 0.1) is 11.7 Å². The Morgan fingerprint density at radius 2 is 2.06 bits per heavy atom. The average Bonchev–Trinajstić information content (AvgIpc) is 2.69. The van der Waals surface area contributed by atoms with Crippen molar-refractivity contribution in [1.29, 1.82) is 0 Å². The van der Waals surface area contributed by atoms with E-state index in [9.17, 15) is 18.7 Å². The van der Waals surface area contributed by atoms with Gasteiger partial charge < -0.3 is 15.7 Å². The fourth-order valence-electron chi connectivity index (χ4n) is 1.84. The number of nitrogens with two attached hydrogens (primary N) is 1. The molecule has 1 atom stereocenters. The quantitative estimate of drug-likeness (QED) is 0.714. The number of benzene rings is 1. The summed E-state index contributed by atoms with van der Waals surface area (Å²) in [6.45, 7) is 0.579. The third-order valence-corrected chi connectivity index (χ3v) is 2.77. The van der Waals surface area contributed by atoms with Gasteiger partial charge in [-0.3, -0.25) is 4.79 Å². The van der Waals surface area contributed by atoms with E-state index in [1.807, 2.05) is 0 Å². The molecule has 0 bridgehead atoms. The minimum absolute atomic E-state index is 0.0713. The molecule has 0 spiro atoms. The van der Waals surface area contributed by atoms with Crippen molar-refractivity contribution in [2.75, 3.05) is 18.8 Å². The van der Waals surface area contributed by atoms with Gasteiger partial charge in [0, 0.05) is 24.8 Å². The second kappa shape index (κ2) is 4.29. The first-order valence-corrected chi connectivity index (χ1v) is 5.21. The van der Waals surface area contributed by atoms with E-state index in [0.29, 0.717) is 13.0 Å². The van der Waals surface area contributed by atoms with E-state index in [2.05, 4.69) is 0 Å². The number of halogens is 2. The lowest BCUT2D eigenvalue weighted by atomic mass is 10.1. The molecule has 17 heavy (non-hydrogen) atoms. The third kappa shape index (κ3) is 2.21. The maximum absolute atomic E-state index is 13.0. The number of nitrogen functional groups attached to an aromatic ring is 1. The summed E-state index contributed by atoms with van der Waals surface area (Å²) in [5.41, 5.74) is 5.30. The smallest absolute Gasteiger partial charge is 0.256 e. The molecular weight excluding hydrogens is 230 g/mol. The minimum Gasteiger partial charge on any atom is -0.398 e. The highest BCUT2D eigenvalue weighted by Gasteiger charge is 2.27. The lowest BCUT2D eigenvalue weighted by Crippen LogP contribution is -2.30. The van der Waals surface area contributed by atoms with Crippen LogP contribution in [0.3, 0.4) is 0 Å². The number of carbonyl (C=O) groups excluding carboxylic acids is 1. The van der Waals surface area contributed by atoms with Gasteiger partial charge in [0.1, 0.15) is 0 Å². The summed E-state index contributed by atoms with van der Waals surface area (Å²) >= 11 is 0. The van der Waals surface area contributed by atoms with Crippen LogP contribution in [0.5, 0.6) is 0 Å². The number of β-amino-alcohol motifs (C(OH)–C–C–N with tert-alkyl or cyclic N) is 1. The molecule has 92 valence electrons. The van der Waals surface area contributed by atoms with Crippen LogP contribution in [0.15, 0.2) is 12.1 Å². The lowest BCUT2D eigenvalue weighted by Gasteiger charge is -2.16. The Hall–Kier alpha value is -1.69. The molecule has 0 aliphatic carbocycles. The summed E-state index contributed by atoms with van der Waals surface area (Å²) < 4.78 is 25.9. The number of rotatable bonds is 1. The summed E-state index contributed by atoms with van der Waals surface area (Å²) in [6, 6.07) is 1.58. The molecule has 0 radical (unpaired) electrons. The van der Waals surface area contributed by atoms with Crippen LogP contribution in [0.4, 0.5) is 14.5 Å². The van der Waals surface area contributed by atoms with Crippen LogP contribution in [0.25, 0.3) is 0 Å². The van der Waals surface area contributed by atoms with E-state index < -0.39 is 23.6 Å². The standard InChI is InChI=1S/C11H12F2N2O2/c12-8-3-7(10(14)4-9(8)13)11(17)15-2-1-6(16)5-15/h3-4,6,16H,1-2,5,14H2. The minimum atomic E-state index is -1.11. The molecule has 1 heterocycles. The van der Waals surface area contributed by atoms with E-state index in [1.54, 1.807) is 0 Å². The van der Waals surface area contributed by atoms with Crippen LogP contribution < -0.4 is 5.73 Å². The number of hydrogen-bond donors (Lipinski definition) is 2. The van der Waals surface area contributed by atoms with Crippen LogP contribution in [0.2, 0.25) is 0 Å². The molecule has 1 aliphatic rings. The highest BCUT2D eigenvalue weighted by atomic mass is 19.2. The number of aliphatic hydroxyl groups is 1. The van der Waals surface area contributed by atoms with Gasteiger partial charge in [0.2, 0.25) is 0 Å². The molecule has 0 saturated carbocycles. The van der Waals surface area contributed by atoms with Crippen LogP contribution in [-0.4, -0.2) is 35.1 Å². The van der Waals surface area contributed by atoms with E-state index in [-0.39, 0.29) is 17.8 Å². The van der Waals surface area contributed by atoms with E-state index in [4.69, 9.17) is 5.73 Å². The molecule has 2 rings (SSSR count). The van der Waals surface area contributed by atoms with Gasteiger partial charge in [-0.05, 0) is 12.5 Å². The number of anilines is 1. The monoisotopic (exact) mass is 242 g/mol. The van der Waals surface area contributed by atoms with Crippen molar-refractivity contribution in [1.82, 2.24) is 4.90 Å². The fourth-order valence-corrected chi connectivity index (χ4v) is 1.84. The average molecular weight is 242 g/mol. The van der Waals surface area contributed by atoms with Crippen LogP contribution in [0, 0.1) is 11.6 Å². The molecule has 1 aromatic carbocycles. The number of carbonyl (C=O) groups is 1. The second-order valence-electron chi connectivity index (χ2n) is 4.05. The predicted molar refractivity (Wildman–Crippen MR) is 57.3 cm³/mol. The SMILES string of the molecule is Nc1cc(F)c(F)cc1C(=O)N1CCC(O)C1. The van der Waals surface area contributed by atoms with Crippen molar-refractivity contribution in [3.8, 4) is 0 Å². The first-order chi connectivity index (χ1) is 7.99. The normalized spacial score (nSPS) is 19.7. The highest BCUT2D eigenvalue weighted by Crippen LogP contribution is 2.21. The Balaban J connectivity index is 2.28. The van der Waals surface area contributed by atoms with Crippen molar-refractivity contribution < 1.29 is 18.7 Å². The predicted octanol–water partition coefficient (Wildman–Crippen LogP) is 0.754. The first kappa shape index (κ1) is 11.8. The zero-order valence-electron chi connectivity index (χ0n) is 8.99. The molecule has 1 unspecified atom stereocenters. The molecule has 1 amide bonds. The zero-order chi connectivity index (χ0) is 12.6. The fraction of sp³-hybridized carbons (Fsp3) is 0.364. The molecule has 4 nitrogen and oxygen atoms in total. The number of hydrogen-bond acceptors (Lipinski definition) is 3. The molecule has 6 heteroatoms. The Morgan fingerprint density at radius 1 is 1.41 bits per heavy atom. The summed E-state index contributed by atoms with van der Waals surface area (Å²) in [7, 11) is 0. The largest absolute Gasteiger partial charge is 0.398 e. The highest BCUT2D eigenvalue weighted by molar-refractivity contribution is 5.99. The summed E-state index contributed by atoms with van der Waals surface area (Å²) in [5.74, 6) is -2.68. The molecule has 0 aromatic heterocycles.